The van der Waals surface area contributed by atoms with Gasteiger partial charge in [-0.2, -0.15) is 13.2 Å². The molecule has 0 bridgehead atoms. The van der Waals surface area contributed by atoms with E-state index >= 15 is 0 Å². The van der Waals surface area contributed by atoms with E-state index in [2.05, 4.69) is 9.47 Å². The predicted molar refractivity (Wildman–Crippen MR) is 51.0 cm³/mol. The van der Waals surface area contributed by atoms with Gasteiger partial charge in [0, 0.05) is 6.07 Å². The highest BCUT2D eigenvalue weighted by atomic mass is 19.4. The van der Waals surface area contributed by atoms with Crippen molar-refractivity contribution in [3.8, 4) is 11.5 Å². The van der Waals surface area contributed by atoms with Gasteiger partial charge in [-0.05, 0) is 12.1 Å². The molecule has 0 saturated heterocycles. The first-order valence-corrected chi connectivity index (χ1v) is 4.44. The van der Waals surface area contributed by atoms with Crippen LogP contribution in [0, 0.1) is 0 Å². The number of hydrogen-bond acceptors (Lipinski definition) is 4. The minimum Gasteiger partial charge on any atom is -0.508 e. The van der Waals surface area contributed by atoms with Gasteiger partial charge in [0.25, 0.3) is 0 Å². The summed E-state index contributed by atoms with van der Waals surface area (Å²) >= 11 is 0. The third kappa shape index (κ3) is 3.86. The number of hydrogen-bond donors (Lipinski definition) is 1. The van der Waals surface area contributed by atoms with E-state index in [0.29, 0.717) is 0 Å². The van der Waals surface area contributed by atoms with Crippen LogP contribution in [0.2, 0.25) is 0 Å². The lowest BCUT2D eigenvalue weighted by atomic mass is 10.2. The van der Waals surface area contributed by atoms with Gasteiger partial charge in [0.2, 0.25) is 0 Å². The fourth-order valence-electron chi connectivity index (χ4n) is 1.07. The molecule has 1 aromatic carbocycles. The molecular weight excluding hydrogens is 241 g/mol. The van der Waals surface area contributed by atoms with Gasteiger partial charge in [0.05, 0.1) is 7.11 Å². The number of halogens is 3. The molecule has 0 heterocycles. The van der Waals surface area contributed by atoms with Gasteiger partial charge in [0.1, 0.15) is 17.1 Å². The number of phenols is 1. The normalized spacial score (nSPS) is 11.1. The zero-order valence-electron chi connectivity index (χ0n) is 8.75. The quantitative estimate of drug-likeness (QED) is 0.835. The molecule has 0 aliphatic rings. The molecular formula is C10H9F3O4. The molecule has 0 spiro atoms. The first kappa shape index (κ1) is 13.1. The first-order valence-electron chi connectivity index (χ1n) is 4.44. The van der Waals surface area contributed by atoms with Crippen LogP contribution in [0.25, 0.3) is 0 Å². The highest BCUT2D eigenvalue weighted by Gasteiger charge is 2.29. The number of aromatic hydroxyl groups is 1. The maximum Gasteiger partial charge on any atom is 0.422 e. The van der Waals surface area contributed by atoms with E-state index in [1.807, 2.05) is 0 Å². The van der Waals surface area contributed by atoms with Gasteiger partial charge in [0.15, 0.2) is 6.61 Å². The maximum atomic E-state index is 12.0. The summed E-state index contributed by atoms with van der Waals surface area (Å²) in [5.41, 5.74) is -0.186. The molecule has 0 atom stereocenters. The molecule has 0 amide bonds. The fraction of sp³-hybridized carbons (Fsp3) is 0.300. The van der Waals surface area contributed by atoms with Crippen LogP contribution in [0.4, 0.5) is 13.2 Å². The molecule has 1 rings (SSSR count). The van der Waals surface area contributed by atoms with Crippen molar-refractivity contribution in [1.29, 1.82) is 0 Å². The van der Waals surface area contributed by atoms with E-state index in [9.17, 15) is 18.0 Å². The Morgan fingerprint density at radius 1 is 1.41 bits per heavy atom. The van der Waals surface area contributed by atoms with Crippen LogP contribution in [0.15, 0.2) is 18.2 Å². The van der Waals surface area contributed by atoms with Crippen molar-refractivity contribution >= 4 is 5.97 Å². The van der Waals surface area contributed by atoms with Crippen molar-refractivity contribution in [2.75, 3.05) is 13.7 Å². The number of ether oxygens (including phenoxy) is 2. The van der Waals surface area contributed by atoms with E-state index in [0.717, 1.165) is 25.3 Å². The third-order valence-electron chi connectivity index (χ3n) is 1.76. The Morgan fingerprint density at radius 3 is 2.59 bits per heavy atom. The molecule has 17 heavy (non-hydrogen) atoms. The summed E-state index contributed by atoms with van der Waals surface area (Å²) in [4.78, 5) is 11.2. The van der Waals surface area contributed by atoms with Gasteiger partial charge in [-0.1, -0.05) is 0 Å². The van der Waals surface area contributed by atoms with Crippen molar-refractivity contribution in [2.45, 2.75) is 6.18 Å². The molecule has 0 unspecified atom stereocenters. The van der Waals surface area contributed by atoms with Crippen molar-refractivity contribution in [2.24, 2.45) is 0 Å². The summed E-state index contributed by atoms with van der Waals surface area (Å²) in [6.07, 6.45) is -4.53. The number of esters is 1. The molecule has 1 aromatic rings. The summed E-state index contributed by atoms with van der Waals surface area (Å²) < 4.78 is 44.6. The second kappa shape index (κ2) is 4.94. The minimum absolute atomic E-state index is 0.186. The molecule has 0 saturated carbocycles. The fourth-order valence-corrected chi connectivity index (χ4v) is 1.07. The molecule has 0 radical (unpaired) electrons. The van der Waals surface area contributed by atoms with Crippen molar-refractivity contribution in [3.63, 3.8) is 0 Å². The van der Waals surface area contributed by atoms with Gasteiger partial charge in [-0.15, -0.1) is 0 Å². The van der Waals surface area contributed by atoms with Crippen LogP contribution in [-0.2, 0) is 4.74 Å². The smallest absolute Gasteiger partial charge is 0.422 e. The SMILES string of the molecule is COC(=O)c1ccc(O)cc1OCC(F)(F)F. The Bertz CT molecular complexity index is 415. The molecule has 4 nitrogen and oxygen atoms in total. The van der Waals surface area contributed by atoms with E-state index in [1.54, 1.807) is 0 Å². The average Bonchev–Trinajstić information content (AvgIpc) is 2.24. The van der Waals surface area contributed by atoms with Crippen molar-refractivity contribution < 1.29 is 32.5 Å². The number of rotatable bonds is 3. The number of phenolic OH excluding ortho intramolecular Hbond substituents is 1. The van der Waals surface area contributed by atoms with Crippen LogP contribution in [0.3, 0.4) is 0 Å². The van der Waals surface area contributed by atoms with Crippen LogP contribution in [-0.4, -0.2) is 31.0 Å². The highest BCUT2D eigenvalue weighted by molar-refractivity contribution is 5.92. The van der Waals surface area contributed by atoms with Crippen LogP contribution < -0.4 is 4.74 Å². The molecule has 0 fully saturated rings. The van der Waals surface area contributed by atoms with Gasteiger partial charge in [-0.25, -0.2) is 4.79 Å². The van der Waals surface area contributed by atoms with Gasteiger partial charge < -0.3 is 14.6 Å². The standard InChI is InChI=1S/C10H9F3O4/c1-16-9(15)7-3-2-6(14)4-8(7)17-5-10(11,12)13/h2-4,14H,5H2,1H3. The number of carbonyl (C=O) groups is 1. The Balaban J connectivity index is 2.95. The van der Waals surface area contributed by atoms with Crippen molar-refractivity contribution in [1.82, 2.24) is 0 Å². The van der Waals surface area contributed by atoms with Crippen LogP contribution in [0.5, 0.6) is 11.5 Å². The Hall–Kier alpha value is -1.92. The number of methoxy groups -OCH3 is 1. The lowest BCUT2D eigenvalue weighted by Gasteiger charge is -2.12. The zero-order chi connectivity index (χ0) is 13.1. The van der Waals surface area contributed by atoms with E-state index < -0.39 is 18.8 Å². The zero-order valence-corrected chi connectivity index (χ0v) is 8.75. The molecule has 0 aliphatic heterocycles. The van der Waals surface area contributed by atoms with E-state index in [4.69, 9.17) is 5.11 Å². The highest BCUT2D eigenvalue weighted by Crippen LogP contribution is 2.26. The topological polar surface area (TPSA) is 55.8 Å². The summed E-state index contributed by atoms with van der Waals surface area (Å²) in [7, 11) is 1.09. The molecule has 7 heteroatoms. The third-order valence-corrected chi connectivity index (χ3v) is 1.76. The number of alkyl halides is 3. The molecule has 0 aliphatic carbocycles. The minimum atomic E-state index is -4.53. The Kier molecular flexibility index (Phi) is 3.82. The maximum absolute atomic E-state index is 12.0. The molecule has 0 aromatic heterocycles. The monoisotopic (exact) mass is 250 g/mol. The lowest BCUT2D eigenvalue weighted by Crippen LogP contribution is -2.20. The number of benzene rings is 1. The van der Waals surface area contributed by atoms with Crippen molar-refractivity contribution in [3.05, 3.63) is 23.8 Å². The van der Waals surface area contributed by atoms with Crippen LogP contribution >= 0.6 is 0 Å². The van der Waals surface area contributed by atoms with Crippen LogP contribution in [0.1, 0.15) is 10.4 Å². The van der Waals surface area contributed by atoms with Gasteiger partial charge in [-0.3, -0.25) is 0 Å². The summed E-state index contributed by atoms with van der Waals surface area (Å²) in [5, 5.41) is 9.11. The lowest BCUT2D eigenvalue weighted by molar-refractivity contribution is -0.153. The Morgan fingerprint density at radius 2 is 2.06 bits per heavy atom. The molecule has 1 N–H and O–H groups in total. The largest absolute Gasteiger partial charge is 0.508 e. The Labute approximate surface area is 94.6 Å². The number of carbonyl (C=O) groups excluding carboxylic acids is 1. The second-order valence-electron chi connectivity index (χ2n) is 3.08. The van der Waals surface area contributed by atoms with Gasteiger partial charge >= 0.3 is 12.1 Å². The summed E-state index contributed by atoms with van der Waals surface area (Å²) in [6, 6.07) is 3.18. The second-order valence-corrected chi connectivity index (χ2v) is 3.08. The van der Waals surface area contributed by atoms with E-state index in [-0.39, 0.29) is 17.1 Å². The molecule has 94 valence electrons. The first-order chi connectivity index (χ1) is 7.83. The van der Waals surface area contributed by atoms with E-state index in [1.165, 1.54) is 0 Å². The summed E-state index contributed by atoms with van der Waals surface area (Å²) in [6.45, 7) is -1.56. The predicted octanol–water partition coefficient (Wildman–Crippen LogP) is 2.12. The average molecular weight is 250 g/mol. The summed E-state index contributed by atoms with van der Waals surface area (Å²) in [5.74, 6) is -1.54.